The van der Waals surface area contributed by atoms with Crippen molar-refractivity contribution in [1.29, 1.82) is 0 Å². The Morgan fingerprint density at radius 2 is 1.71 bits per heavy atom. The molecule has 0 saturated carbocycles. The number of primary amides is 1. The molecule has 0 fully saturated rings. The SMILES string of the molecule is Cc1cc(C(N)=O)ccc1NCc1ccc(C(=O)O)cc1. The summed E-state index contributed by atoms with van der Waals surface area (Å²) in [6.07, 6.45) is 0. The van der Waals surface area contributed by atoms with Crippen molar-refractivity contribution in [3.8, 4) is 0 Å². The molecule has 0 saturated heterocycles. The van der Waals surface area contributed by atoms with Crippen LogP contribution in [0.15, 0.2) is 42.5 Å². The molecule has 0 aliphatic heterocycles. The van der Waals surface area contributed by atoms with Crippen molar-refractivity contribution >= 4 is 17.6 Å². The summed E-state index contributed by atoms with van der Waals surface area (Å²) in [5.41, 5.74) is 8.77. The minimum absolute atomic E-state index is 0.265. The normalized spacial score (nSPS) is 10.1. The van der Waals surface area contributed by atoms with Crippen molar-refractivity contribution in [2.45, 2.75) is 13.5 Å². The van der Waals surface area contributed by atoms with Crippen molar-refractivity contribution in [2.24, 2.45) is 5.73 Å². The summed E-state index contributed by atoms with van der Waals surface area (Å²) in [6, 6.07) is 11.9. The van der Waals surface area contributed by atoms with Crippen molar-refractivity contribution in [3.63, 3.8) is 0 Å². The smallest absolute Gasteiger partial charge is 0.335 e. The predicted octanol–water partition coefficient (Wildman–Crippen LogP) is 2.40. The van der Waals surface area contributed by atoms with Crippen molar-refractivity contribution in [3.05, 3.63) is 64.7 Å². The lowest BCUT2D eigenvalue weighted by Gasteiger charge is -2.10. The number of aromatic carboxylic acids is 1. The van der Waals surface area contributed by atoms with Gasteiger partial charge in [0, 0.05) is 17.8 Å². The topological polar surface area (TPSA) is 92.4 Å². The molecule has 4 N–H and O–H groups in total. The molecule has 0 radical (unpaired) electrons. The second-order valence-electron chi connectivity index (χ2n) is 4.75. The number of nitrogens with two attached hydrogens (primary N) is 1. The third kappa shape index (κ3) is 3.60. The molecule has 0 aliphatic rings. The van der Waals surface area contributed by atoms with Gasteiger partial charge in [-0.1, -0.05) is 12.1 Å². The Labute approximate surface area is 122 Å². The number of carbonyl (C=O) groups excluding carboxylic acids is 1. The van der Waals surface area contributed by atoms with Gasteiger partial charge in [-0.05, 0) is 48.4 Å². The zero-order chi connectivity index (χ0) is 15.4. The van der Waals surface area contributed by atoms with Crippen molar-refractivity contribution in [2.75, 3.05) is 5.32 Å². The van der Waals surface area contributed by atoms with Gasteiger partial charge in [0.1, 0.15) is 0 Å². The number of rotatable bonds is 5. The van der Waals surface area contributed by atoms with Crippen LogP contribution >= 0.6 is 0 Å². The van der Waals surface area contributed by atoms with Crippen LogP contribution < -0.4 is 11.1 Å². The van der Waals surface area contributed by atoms with E-state index in [0.29, 0.717) is 12.1 Å². The minimum atomic E-state index is -0.938. The van der Waals surface area contributed by atoms with E-state index in [0.717, 1.165) is 16.8 Å². The van der Waals surface area contributed by atoms with Gasteiger partial charge in [0.05, 0.1) is 5.56 Å². The Morgan fingerprint density at radius 1 is 1.10 bits per heavy atom. The fourth-order valence-corrected chi connectivity index (χ4v) is 1.98. The number of aryl methyl sites for hydroxylation is 1. The summed E-state index contributed by atoms with van der Waals surface area (Å²) in [5, 5.41) is 12.1. The number of nitrogens with one attached hydrogen (secondary N) is 1. The van der Waals surface area contributed by atoms with Crippen LogP contribution in [0, 0.1) is 6.92 Å². The fraction of sp³-hybridized carbons (Fsp3) is 0.125. The molecule has 21 heavy (non-hydrogen) atoms. The minimum Gasteiger partial charge on any atom is -0.478 e. The van der Waals surface area contributed by atoms with Crippen LogP contribution in [0.4, 0.5) is 5.69 Å². The van der Waals surface area contributed by atoms with E-state index in [1.807, 2.05) is 6.92 Å². The summed E-state index contributed by atoms with van der Waals surface area (Å²) in [4.78, 5) is 21.9. The van der Waals surface area contributed by atoms with E-state index in [1.54, 1.807) is 42.5 Å². The number of anilines is 1. The van der Waals surface area contributed by atoms with E-state index < -0.39 is 11.9 Å². The first-order valence-corrected chi connectivity index (χ1v) is 6.44. The average molecular weight is 284 g/mol. The lowest BCUT2D eigenvalue weighted by atomic mass is 10.1. The summed E-state index contributed by atoms with van der Waals surface area (Å²) < 4.78 is 0. The lowest BCUT2D eigenvalue weighted by molar-refractivity contribution is 0.0696. The molecule has 0 bridgehead atoms. The fourth-order valence-electron chi connectivity index (χ4n) is 1.98. The molecule has 0 unspecified atom stereocenters. The molecule has 108 valence electrons. The molecule has 0 atom stereocenters. The molecular weight excluding hydrogens is 268 g/mol. The van der Waals surface area contributed by atoms with Crippen LogP contribution in [-0.2, 0) is 6.54 Å². The Kier molecular flexibility index (Phi) is 4.23. The van der Waals surface area contributed by atoms with Crippen molar-refractivity contribution in [1.82, 2.24) is 0 Å². The number of amides is 1. The van der Waals surface area contributed by atoms with Gasteiger partial charge in [-0.25, -0.2) is 4.79 Å². The number of hydrogen-bond donors (Lipinski definition) is 3. The molecule has 1 amide bonds. The summed E-state index contributed by atoms with van der Waals surface area (Å²) in [5.74, 6) is -1.39. The first-order valence-electron chi connectivity index (χ1n) is 6.44. The van der Waals surface area contributed by atoms with Gasteiger partial charge in [-0.2, -0.15) is 0 Å². The van der Waals surface area contributed by atoms with E-state index in [-0.39, 0.29) is 5.56 Å². The average Bonchev–Trinajstić information content (AvgIpc) is 2.46. The monoisotopic (exact) mass is 284 g/mol. The third-order valence-electron chi connectivity index (χ3n) is 3.19. The van der Waals surface area contributed by atoms with Crippen LogP contribution in [0.25, 0.3) is 0 Å². The number of carbonyl (C=O) groups is 2. The molecule has 2 aromatic carbocycles. The molecule has 0 aromatic heterocycles. The Bertz CT molecular complexity index is 678. The van der Waals surface area contributed by atoms with Crippen molar-refractivity contribution < 1.29 is 14.7 Å². The summed E-state index contributed by atoms with van der Waals surface area (Å²) >= 11 is 0. The van der Waals surface area contributed by atoms with Crippen LogP contribution in [0.2, 0.25) is 0 Å². The van der Waals surface area contributed by atoms with Crippen LogP contribution in [0.5, 0.6) is 0 Å². The van der Waals surface area contributed by atoms with Gasteiger partial charge < -0.3 is 16.2 Å². The molecule has 2 rings (SSSR count). The number of benzene rings is 2. The predicted molar refractivity (Wildman–Crippen MR) is 80.4 cm³/mol. The van der Waals surface area contributed by atoms with Gasteiger partial charge in [-0.15, -0.1) is 0 Å². The highest BCUT2D eigenvalue weighted by Gasteiger charge is 2.05. The largest absolute Gasteiger partial charge is 0.478 e. The first kappa shape index (κ1) is 14.6. The van der Waals surface area contributed by atoms with E-state index in [1.165, 1.54) is 0 Å². The molecule has 0 spiro atoms. The summed E-state index contributed by atoms with van der Waals surface area (Å²) in [7, 11) is 0. The quantitative estimate of drug-likeness (QED) is 0.786. The zero-order valence-corrected chi connectivity index (χ0v) is 11.6. The maximum absolute atomic E-state index is 11.1. The lowest BCUT2D eigenvalue weighted by Crippen LogP contribution is -2.11. The standard InChI is InChI=1S/C16H16N2O3/c1-10-8-13(15(17)19)6-7-14(10)18-9-11-2-4-12(5-3-11)16(20)21/h2-8,18H,9H2,1H3,(H2,17,19)(H,20,21). The van der Waals surface area contributed by atoms with E-state index >= 15 is 0 Å². The van der Waals surface area contributed by atoms with Gasteiger partial charge in [0.2, 0.25) is 5.91 Å². The Hall–Kier alpha value is -2.82. The second-order valence-corrected chi connectivity index (χ2v) is 4.75. The second kappa shape index (κ2) is 6.09. The van der Waals surface area contributed by atoms with E-state index in [9.17, 15) is 9.59 Å². The maximum atomic E-state index is 11.1. The van der Waals surface area contributed by atoms with Crippen LogP contribution in [-0.4, -0.2) is 17.0 Å². The first-order chi connectivity index (χ1) is 9.97. The third-order valence-corrected chi connectivity index (χ3v) is 3.19. The molecule has 5 heteroatoms. The number of carboxylic acid groups (broad SMARTS) is 1. The molecule has 2 aromatic rings. The maximum Gasteiger partial charge on any atom is 0.335 e. The van der Waals surface area contributed by atoms with Gasteiger partial charge >= 0.3 is 5.97 Å². The van der Waals surface area contributed by atoms with Crippen LogP contribution in [0.3, 0.4) is 0 Å². The van der Waals surface area contributed by atoms with Gasteiger partial charge in [0.25, 0.3) is 0 Å². The Morgan fingerprint density at radius 3 is 2.24 bits per heavy atom. The highest BCUT2D eigenvalue weighted by Crippen LogP contribution is 2.17. The molecule has 5 nitrogen and oxygen atoms in total. The highest BCUT2D eigenvalue weighted by atomic mass is 16.4. The number of hydrogen-bond acceptors (Lipinski definition) is 3. The van der Waals surface area contributed by atoms with E-state index in [4.69, 9.17) is 10.8 Å². The van der Waals surface area contributed by atoms with E-state index in [2.05, 4.69) is 5.32 Å². The molecule has 0 aliphatic carbocycles. The van der Waals surface area contributed by atoms with Gasteiger partial charge in [-0.3, -0.25) is 4.79 Å². The van der Waals surface area contributed by atoms with Gasteiger partial charge in [0.15, 0.2) is 0 Å². The molecular formula is C16H16N2O3. The number of carboxylic acids is 1. The summed E-state index contributed by atoms with van der Waals surface area (Å²) in [6.45, 7) is 2.46. The molecule has 0 heterocycles. The van der Waals surface area contributed by atoms with Crippen LogP contribution in [0.1, 0.15) is 31.8 Å². The highest BCUT2D eigenvalue weighted by molar-refractivity contribution is 5.93. The zero-order valence-electron chi connectivity index (χ0n) is 11.6. The Balaban J connectivity index is 2.06.